The molecule has 2 heterocycles. The Morgan fingerprint density at radius 3 is 2.53 bits per heavy atom. The van der Waals surface area contributed by atoms with Crippen molar-refractivity contribution in [1.82, 2.24) is 9.47 Å². The van der Waals surface area contributed by atoms with Gasteiger partial charge in [0.05, 0.1) is 13.2 Å². The van der Waals surface area contributed by atoms with Crippen LogP contribution in [-0.4, -0.2) is 52.3 Å². The molecule has 0 spiro atoms. The van der Waals surface area contributed by atoms with Crippen LogP contribution in [0, 0.1) is 0 Å². The van der Waals surface area contributed by atoms with Crippen LogP contribution in [0.25, 0.3) is 0 Å². The molecule has 1 fully saturated rings. The van der Waals surface area contributed by atoms with Gasteiger partial charge in [0.2, 0.25) is 5.91 Å². The predicted octanol–water partition coefficient (Wildman–Crippen LogP) is 0.535. The van der Waals surface area contributed by atoms with E-state index in [0.717, 1.165) is 0 Å². The Hall–Kier alpha value is -1.82. The van der Waals surface area contributed by atoms with Gasteiger partial charge in [-0.25, -0.2) is 4.79 Å². The number of aromatic nitrogens is 1. The average Bonchev–Trinajstić information content (AvgIpc) is 2.92. The molecule has 19 heavy (non-hydrogen) atoms. The molecule has 104 valence electrons. The standard InChI is InChI=1S/C13H18N2O4/c1-13(2,15-5-3-4-6-15)12(18)14-7-8-19-10(9-14)11(16)17/h3-6,10H,7-9H2,1-2H3,(H,16,17). The van der Waals surface area contributed by atoms with Gasteiger partial charge in [-0.15, -0.1) is 0 Å². The second kappa shape index (κ2) is 5.05. The Balaban J connectivity index is 2.13. The van der Waals surface area contributed by atoms with Gasteiger partial charge in [-0.1, -0.05) is 0 Å². The summed E-state index contributed by atoms with van der Waals surface area (Å²) >= 11 is 0. The lowest BCUT2D eigenvalue weighted by Crippen LogP contribution is -2.54. The van der Waals surface area contributed by atoms with Crippen LogP contribution in [0.3, 0.4) is 0 Å². The van der Waals surface area contributed by atoms with E-state index < -0.39 is 17.6 Å². The molecule has 0 aliphatic carbocycles. The Kier molecular flexibility index (Phi) is 3.61. The summed E-state index contributed by atoms with van der Waals surface area (Å²) in [5, 5.41) is 8.96. The second-order valence-electron chi connectivity index (χ2n) is 5.10. The monoisotopic (exact) mass is 266 g/mol. The quantitative estimate of drug-likeness (QED) is 0.866. The molecule has 0 saturated carbocycles. The summed E-state index contributed by atoms with van der Waals surface area (Å²) in [4.78, 5) is 25.0. The molecule has 1 aromatic heterocycles. The van der Waals surface area contributed by atoms with Crippen LogP contribution in [0.2, 0.25) is 0 Å². The third-order valence-electron chi connectivity index (χ3n) is 3.40. The van der Waals surface area contributed by atoms with Crippen LogP contribution in [-0.2, 0) is 19.9 Å². The molecule has 1 aromatic rings. The molecule has 1 N–H and O–H groups in total. The highest BCUT2D eigenvalue weighted by Crippen LogP contribution is 2.20. The third kappa shape index (κ3) is 2.63. The summed E-state index contributed by atoms with van der Waals surface area (Å²) in [5.74, 6) is -1.13. The Morgan fingerprint density at radius 2 is 1.95 bits per heavy atom. The molecule has 0 bridgehead atoms. The lowest BCUT2D eigenvalue weighted by Gasteiger charge is -2.37. The number of hydrogen-bond acceptors (Lipinski definition) is 3. The van der Waals surface area contributed by atoms with Gasteiger partial charge >= 0.3 is 5.97 Å². The molecule has 6 nitrogen and oxygen atoms in total. The number of carbonyl (C=O) groups is 2. The number of morpholine rings is 1. The zero-order chi connectivity index (χ0) is 14.0. The van der Waals surface area contributed by atoms with Gasteiger partial charge in [0.15, 0.2) is 6.10 Å². The summed E-state index contributed by atoms with van der Waals surface area (Å²) in [6.07, 6.45) is 2.72. The highest BCUT2D eigenvalue weighted by atomic mass is 16.5. The first kappa shape index (κ1) is 13.6. The number of carbonyl (C=O) groups excluding carboxylic acids is 1. The van der Waals surface area contributed by atoms with E-state index in [1.165, 1.54) is 0 Å². The van der Waals surface area contributed by atoms with E-state index in [0.29, 0.717) is 6.54 Å². The minimum absolute atomic E-state index is 0.0961. The molecule has 1 aliphatic rings. The van der Waals surface area contributed by atoms with Gasteiger partial charge < -0.3 is 19.3 Å². The lowest BCUT2D eigenvalue weighted by molar-refractivity contribution is -0.161. The van der Waals surface area contributed by atoms with Gasteiger partial charge in [0.25, 0.3) is 0 Å². The minimum atomic E-state index is -1.03. The maximum atomic E-state index is 12.5. The molecule has 0 aromatic carbocycles. The molecule has 1 atom stereocenters. The van der Waals surface area contributed by atoms with Crippen molar-refractivity contribution < 1.29 is 19.4 Å². The fourth-order valence-electron chi connectivity index (χ4n) is 2.19. The van der Waals surface area contributed by atoms with Crippen LogP contribution in [0.1, 0.15) is 13.8 Å². The Labute approximate surface area is 111 Å². The van der Waals surface area contributed by atoms with Crippen LogP contribution < -0.4 is 0 Å². The van der Waals surface area contributed by atoms with Gasteiger partial charge in [-0.3, -0.25) is 4.79 Å². The van der Waals surface area contributed by atoms with Crippen LogP contribution in [0.5, 0.6) is 0 Å². The van der Waals surface area contributed by atoms with Crippen molar-refractivity contribution >= 4 is 11.9 Å². The Bertz CT molecular complexity index is 467. The van der Waals surface area contributed by atoms with Gasteiger partial charge in [-0.05, 0) is 26.0 Å². The van der Waals surface area contributed by atoms with Crippen LogP contribution in [0.15, 0.2) is 24.5 Å². The van der Waals surface area contributed by atoms with E-state index in [-0.39, 0.29) is 19.1 Å². The molecule has 1 unspecified atom stereocenters. The highest BCUT2D eigenvalue weighted by Gasteiger charge is 2.37. The first-order chi connectivity index (χ1) is 8.93. The summed E-state index contributed by atoms with van der Waals surface area (Å²) in [5.41, 5.74) is -0.732. The van der Waals surface area contributed by atoms with E-state index in [2.05, 4.69) is 0 Å². The Morgan fingerprint density at radius 1 is 1.32 bits per heavy atom. The molecular formula is C13H18N2O4. The lowest BCUT2D eigenvalue weighted by atomic mass is 10.0. The normalized spacial score (nSPS) is 20.3. The van der Waals surface area contributed by atoms with Crippen molar-refractivity contribution in [3.8, 4) is 0 Å². The van der Waals surface area contributed by atoms with Crippen molar-refractivity contribution in [2.24, 2.45) is 0 Å². The molecule has 2 rings (SSSR count). The molecule has 0 radical (unpaired) electrons. The zero-order valence-corrected chi connectivity index (χ0v) is 11.1. The second-order valence-corrected chi connectivity index (χ2v) is 5.10. The maximum absolute atomic E-state index is 12.5. The largest absolute Gasteiger partial charge is 0.479 e. The maximum Gasteiger partial charge on any atom is 0.334 e. The number of amides is 1. The molecule has 1 saturated heterocycles. The molecule has 1 amide bonds. The average molecular weight is 266 g/mol. The first-order valence-corrected chi connectivity index (χ1v) is 6.20. The molecule has 6 heteroatoms. The molecular weight excluding hydrogens is 248 g/mol. The summed E-state index contributed by atoms with van der Waals surface area (Å²) < 4.78 is 6.94. The highest BCUT2D eigenvalue weighted by molar-refractivity contribution is 5.84. The van der Waals surface area contributed by atoms with E-state index >= 15 is 0 Å². The van der Waals surface area contributed by atoms with Crippen LogP contribution >= 0.6 is 0 Å². The van der Waals surface area contributed by atoms with E-state index in [9.17, 15) is 9.59 Å². The zero-order valence-electron chi connectivity index (χ0n) is 11.1. The van der Waals surface area contributed by atoms with Gasteiger partial charge in [0, 0.05) is 18.9 Å². The number of hydrogen-bond donors (Lipinski definition) is 1. The van der Waals surface area contributed by atoms with Crippen molar-refractivity contribution in [2.45, 2.75) is 25.5 Å². The van der Waals surface area contributed by atoms with Crippen molar-refractivity contribution in [3.05, 3.63) is 24.5 Å². The fraction of sp³-hybridized carbons (Fsp3) is 0.538. The SMILES string of the molecule is CC(C)(C(=O)N1CCOC(C(=O)O)C1)n1cccc1. The van der Waals surface area contributed by atoms with E-state index in [1.54, 1.807) is 4.90 Å². The predicted molar refractivity (Wildman–Crippen MR) is 67.7 cm³/mol. The van der Waals surface area contributed by atoms with Crippen LogP contribution in [0.4, 0.5) is 0 Å². The fourth-order valence-corrected chi connectivity index (χ4v) is 2.19. The topological polar surface area (TPSA) is 71.8 Å². The number of carboxylic acid groups (broad SMARTS) is 1. The van der Waals surface area contributed by atoms with Gasteiger partial charge in [0.1, 0.15) is 5.54 Å². The van der Waals surface area contributed by atoms with E-state index in [1.807, 2.05) is 42.9 Å². The van der Waals surface area contributed by atoms with Crippen molar-refractivity contribution in [1.29, 1.82) is 0 Å². The minimum Gasteiger partial charge on any atom is -0.479 e. The van der Waals surface area contributed by atoms with E-state index in [4.69, 9.17) is 9.84 Å². The van der Waals surface area contributed by atoms with Crippen molar-refractivity contribution in [2.75, 3.05) is 19.7 Å². The third-order valence-corrected chi connectivity index (χ3v) is 3.40. The smallest absolute Gasteiger partial charge is 0.334 e. The number of ether oxygens (including phenoxy) is 1. The number of rotatable bonds is 3. The molecule has 1 aliphatic heterocycles. The van der Waals surface area contributed by atoms with Crippen molar-refractivity contribution in [3.63, 3.8) is 0 Å². The number of carboxylic acids is 1. The number of nitrogens with zero attached hydrogens (tertiary/aromatic N) is 2. The number of aliphatic carboxylic acids is 1. The first-order valence-electron chi connectivity index (χ1n) is 6.20. The summed E-state index contributed by atoms with van der Waals surface area (Å²) in [6.45, 7) is 4.41. The van der Waals surface area contributed by atoms with Gasteiger partial charge in [-0.2, -0.15) is 0 Å². The summed E-state index contributed by atoms with van der Waals surface area (Å²) in [6, 6.07) is 3.71. The summed E-state index contributed by atoms with van der Waals surface area (Å²) in [7, 11) is 0.